The summed E-state index contributed by atoms with van der Waals surface area (Å²) in [5, 5.41) is 10.6. The van der Waals surface area contributed by atoms with Crippen molar-refractivity contribution >= 4 is 5.69 Å². The van der Waals surface area contributed by atoms with Crippen molar-refractivity contribution in [2.45, 2.75) is 0 Å². The molecule has 0 unspecified atom stereocenters. The summed E-state index contributed by atoms with van der Waals surface area (Å²) in [5.74, 6) is 0. The molecule has 0 radical (unpaired) electrons. The van der Waals surface area contributed by atoms with Crippen molar-refractivity contribution in [1.29, 1.82) is 0 Å². The number of aromatic nitrogens is 1. The lowest BCUT2D eigenvalue weighted by molar-refractivity contribution is -0.385. The summed E-state index contributed by atoms with van der Waals surface area (Å²) in [6.45, 7) is 0. The molecular weight excluding hydrogens is 192 g/mol. The van der Waals surface area contributed by atoms with Gasteiger partial charge >= 0.3 is 0 Å². The van der Waals surface area contributed by atoms with Crippen LogP contribution >= 0.6 is 0 Å². The van der Waals surface area contributed by atoms with Gasteiger partial charge in [-0.25, -0.2) is 0 Å². The van der Waals surface area contributed by atoms with Crippen molar-refractivity contribution < 1.29 is 4.92 Å². The number of nitro groups is 1. The Morgan fingerprint density at radius 2 is 1.80 bits per heavy atom. The number of nitrogens with zero attached hydrogens (tertiary/aromatic N) is 2. The van der Waals surface area contributed by atoms with Crippen LogP contribution in [0.3, 0.4) is 0 Å². The standard InChI is InChI=1S/C11H8N2O2/c14-13(15)11-6-10(7-12-8-11)9-4-2-1-3-5-9/h1-8H. The Morgan fingerprint density at radius 1 is 1.07 bits per heavy atom. The second kappa shape index (κ2) is 3.88. The zero-order valence-corrected chi connectivity index (χ0v) is 7.83. The second-order valence-corrected chi connectivity index (χ2v) is 3.05. The molecule has 1 aromatic carbocycles. The van der Waals surface area contributed by atoms with Gasteiger partial charge < -0.3 is 0 Å². The number of hydrogen-bond acceptors (Lipinski definition) is 3. The van der Waals surface area contributed by atoms with Crippen LogP contribution in [0.2, 0.25) is 0 Å². The molecule has 0 saturated carbocycles. The highest BCUT2D eigenvalue weighted by molar-refractivity contribution is 5.64. The SMILES string of the molecule is O=[N+]([O-])c1cncc(-c2ccccc2)c1. The van der Waals surface area contributed by atoms with Crippen LogP contribution < -0.4 is 0 Å². The minimum absolute atomic E-state index is 0.0105. The van der Waals surface area contributed by atoms with Crippen LogP contribution in [0.4, 0.5) is 5.69 Å². The van der Waals surface area contributed by atoms with Crippen molar-refractivity contribution in [3.8, 4) is 11.1 Å². The van der Waals surface area contributed by atoms with E-state index in [1.165, 1.54) is 12.3 Å². The lowest BCUT2D eigenvalue weighted by Gasteiger charge is -1.99. The maximum Gasteiger partial charge on any atom is 0.288 e. The molecule has 0 aliphatic heterocycles. The van der Waals surface area contributed by atoms with Crippen LogP contribution in [0.25, 0.3) is 11.1 Å². The summed E-state index contributed by atoms with van der Waals surface area (Å²) in [4.78, 5) is 13.9. The molecule has 0 amide bonds. The molecule has 0 N–H and O–H groups in total. The van der Waals surface area contributed by atoms with Crippen LogP contribution in [0.5, 0.6) is 0 Å². The predicted molar refractivity (Wildman–Crippen MR) is 56.3 cm³/mol. The fourth-order valence-electron chi connectivity index (χ4n) is 1.32. The molecule has 2 aromatic rings. The van der Waals surface area contributed by atoms with E-state index in [4.69, 9.17) is 0 Å². The van der Waals surface area contributed by atoms with Gasteiger partial charge in [0.05, 0.1) is 4.92 Å². The van der Waals surface area contributed by atoms with E-state index in [1.54, 1.807) is 6.20 Å². The molecule has 4 nitrogen and oxygen atoms in total. The summed E-state index contributed by atoms with van der Waals surface area (Å²) in [6, 6.07) is 11.0. The topological polar surface area (TPSA) is 56.0 Å². The molecule has 1 heterocycles. The highest BCUT2D eigenvalue weighted by atomic mass is 16.6. The highest BCUT2D eigenvalue weighted by Crippen LogP contribution is 2.21. The Labute approximate surface area is 86.4 Å². The molecule has 1 aromatic heterocycles. The van der Waals surface area contributed by atoms with Gasteiger partial charge in [-0.05, 0) is 5.56 Å². The predicted octanol–water partition coefficient (Wildman–Crippen LogP) is 2.66. The van der Waals surface area contributed by atoms with Crippen molar-refractivity contribution in [1.82, 2.24) is 4.98 Å². The summed E-state index contributed by atoms with van der Waals surface area (Å²) in [5.41, 5.74) is 1.69. The van der Waals surface area contributed by atoms with Crippen molar-refractivity contribution in [3.05, 3.63) is 58.9 Å². The molecule has 0 fully saturated rings. The Kier molecular flexibility index (Phi) is 2.41. The van der Waals surface area contributed by atoms with Gasteiger partial charge in [-0.2, -0.15) is 0 Å². The number of benzene rings is 1. The monoisotopic (exact) mass is 200 g/mol. The lowest BCUT2D eigenvalue weighted by Crippen LogP contribution is -1.89. The Morgan fingerprint density at radius 3 is 2.47 bits per heavy atom. The van der Waals surface area contributed by atoms with Gasteiger partial charge in [0.2, 0.25) is 0 Å². The molecule has 2 rings (SSSR count). The molecular formula is C11H8N2O2. The van der Waals surface area contributed by atoms with Crippen molar-refractivity contribution in [2.75, 3.05) is 0 Å². The first-order valence-corrected chi connectivity index (χ1v) is 4.42. The number of pyridine rings is 1. The third-order valence-corrected chi connectivity index (χ3v) is 2.04. The first-order chi connectivity index (χ1) is 7.27. The Hall–Kier alpha value is -2.23. The smallest absolute Gasteiger partial charge is 0.258 e. The normalized spacial score (nSPS) is 9.87. The van der Waals surface area contributed by atoms with E-state index in [-0.39, 0.29) is 5.69 Å². The molecule has 74 valence electrons. The molecule has 0 atom stereocenters. The third-order valence-electron chi connectivity index (χ3n) is 2.04. The molecule has 0 bridgehead atoms. The minimum atomic E-state index is -0.445. The van der Waals surface area contributed by atoms with Crippen LogP contribution in [-0.4, -0.2) is 9.91 Å². The third kappa shape index (κ3) is 1.99. The average molecular weight is 200 g/mol. The van der Waals surface area contributed by atoms with E-state index >= 15 is 0 Å². The van der Waals surface area contributed by atoms with Crippen LogP contribution in [0, 0.1) is 10.1 Å². The summed E-state index contributed by atoms with van der Waals surface area (Å²) in [7, 11) is 0. The van der Waals surface area contributed by atoms with Crippen LogP contribution in [-0.2, 0) is 0 Å². The first-order valence-electron chi connectivity index (χ1n) is 4.42. The quantitative estimate of drug-likeness (QED) is 0.553. The molecule has 0 aliphatic carbocycles. The largest absolute Gasteiger partial charge is 0.288 e. The van der Waals surface area contributed by atoms with Gasteiger partial charge in [-0.15, -0.1) is 0 Å². The molecule has 4 heteroatoms. The average Bonchev–Trinajstić information content (AvgIpc) is 2.30. The molecule has 0 spiro atoms. The van der Waals surface area contributed by atoms with E-state index in [2.05, 4.69) is 4.98 Å². The van der Waals surface area contributed by atoms with Gasteiger partial charge in [0.1, 0.15) is 6.20 Å². The van der Waals surface area contributed by atoms with Gasteiger partial charge in [0.25, 0.3) is 5.69 Å². The fraction of sp³-hybridized carbons (Fsp3) is 0. The summed E-state index contributed by atoms with van der Waals surface area (Å²) in [6.07, 6.45) is 2.86. The van der Waals surface area contributed by atoms with E-state index in [1.807, 2.05) is 30.3 Å². The molecule has 0 saturated heterocycles. The summed E-state index contributed by atoms with van der Waals surface area (Å²) >= 11 is 0. The van der Waals surface area contributed by atoms with Crippen molar-refractivity contribution in [2.24, 2.45) is 0 Å². The van der Waals surface area contributed by atoms with Crippen LogP contribution in [0.1, 0.15) is 0 Å². The zero-order valence-electron chi connectivity index (χ0n) is 7.83. The second-order valence-electron chi connectivity index (χ2n) is 3.05. The van der Waals surface area contributed by atoms with Crippen LogP contribution in [0.15, 0.2) is 48.8 Å². The highest BCUT2D eigenvalue weighted by Gasteiger charge is 2.07. The maximum absolute atomic E-state index is 10.6. The van der Waals surface area contributed by atoms with E-state index in [9.17, 15) is 10.1 Å². The van der Waals surface area contributed by atoms with Gasteiger partial charge in [-0.1, -0.05) is 30.3 Å². The fourth-order valence-corrected chi connectivity index (χ4v) is 1.32. The zero-order chi connectivity index (χ0) is 10.7. The van der Waals surface area contributed by atoms with E-state index < -0.39 is 4.92 Å². The van der Waals surface area contributed by atoms with Gasteiger partial charge in [0, 0.05) is 17.8 Å². The van der Waals surface area contributed by atoms with E-state index in [0.717, 1.165) is 11.1 Å². The molecule has 15 heavy (non-hydrogen) atoms. The van der Waals surface area contributed by atoms with Gasteiger partial charge in [0.15, 0.2) is 0 Å². The number of hydrogen-bond donors (Lipinski definition) is 0. The minimum Gasteiger partial charge on any atom is -0.258 e. The van der Waals surface area contributed by atoms with E-state index in [0.29, 0.717) is 0 Å². The van der Waals surface area contributed by atoms with Gasteiger partial charge in [-0.3, -0.25) is 15.1 Å². The number of rotatable bonds is 2. The first kappa shape index (κ1) is 9.33. The molecule has 0 aliphatic rings. The Bertz CT molecular complexity index is 483. The van der Waals surface area contributed by atoms with Crippen molar-refractivity contribution in [3.63, 3.8) is 0 Å². The summed E-state index contributed by atoms with van der Waals surface area (Å²) < 4.78 is 0. The Balaban J connectivity index is 2.46. The maximum atomic E-state index is 10.6. The lowest BCUT2D eigenvalue weighted by atomic mass is 10.1.